The largest absolute Gasteiger partial charge is 0.492 e. The van der Waals surface area contributed by atoms with Gasteiger partial charge in [0.05, 0.1) is 96.7 Å². The second kappa shape index (κ2) is 31.9. The van der Waals surface area contributed by atoms with Gasteiger partial charge < -0.3 is 92.8 Å². The minimum atomic E-state index is -1.96. The van der Waals surface area contributed by atoms with Crippen LogP contribution < -0.4 is 30.3 Å². The van der Waals surface area contributed by atoms with Crippen molar-refractivity contribution in [3.63, 3.8) is 0 Å². The van der Waals surface area contributed by atoms with Crippen LogP contribution in [0, 0.1) is 34.2 Å². The van der Waals surface area contributed by atoms with Gasteiger partial charge >= 0.3 is 6.09 Å². The van der Waals surface area contributed by atoms with Gasteiger partial charge in [-0.15, -0.1) is 0 Å². The van der Waals surface area contributed by atoms with Crippen LogP contribution >= 0.6 is 65.8 Å². The van der Waals surface area contributed by atoms with Gasteiger partial charge in [-0.05, 0) is 84.1 Å². The summed E-state index contributed by atoms with van der Waals surface area (Å²) in [6, 6.07) is -1.16. The predicted octanol–water partition coefficient (Wildman–Crippen LogP) is 3.38. The molecule has 474 valence electrons. The predicted molar refractivity (Wildman–Crippen MR) is 325 cm³/mol. The van der Waals surface area contributed by atoms with Crippen molar-refractivity contribution < 1.29 is 102 Å². The topological polar surface area (TPSA) is 312 Å². The van der Waals surface area contributed by atoms with Gasteiger partial charge in [-0.2, -0.15) is 5.48 Å². The SMILES string of the molecule is COC(=O)NC1=C2/C(=C/CSSSC)[C@](O)(C#C/C=C\C#C[C@@H]2O[C@@H]2O[C@H](C)[C@@H](NOC3C[C@H](O)[C@H](SC(=O)c4c(C)c(I)c(O[C@@H]5O[C@@H](C)[C@H](O)[C@@H](OC)[C@H]5O)c(OC)c4OC)[C@@H](C)O3)[C@H](O)[C@H]2O[C@H]2CC(OC)[C@@H](NC(C)C)CO2)C[C@H]1O. The minimum absolute atomic E-state index is 0.0297. The molecule has 4 saturated heterocycles. The summed E-state index contributed by atoms with van der Waals surface area (Å²) < 4.78 is 72.9. The molecule has 7 rings (SSSR count). The second-order valence-electron chi connectivity index (χ2n) is 21.0. The molecule has 2 aliphatic carbocycles. The van der Waals surface area contributed by atoms with Crippen LogP contribution in [0.15, 0.2) is 35.1 Å². The Morgan fingerprint density at radius 1 is 0.871 bits per heavy atom. The van der Waals surface area contributed by atoms with E-state index in [1.807, 2.05) is 42.7 Å². The molecule has 4 heterocycles. The number of aliphatic hydroxyl groups excluding tert-OH is 5. The number of halogens is 1. The first-order valence-electron chi connectivity index (χ1n) is 27.4. The van der Waals surface area contributed by atoms with E-state index in [0.29, 0.717) is 14.9 Å². The molecular formula is C56H78IN3O21S4. The molecule has 4 aliphatic heterocycles. The van der Waals surface area contributed by atoms with Crippen LogP contribution in [-0.4, -0.2) is 223 Å². The fourth-order valence-electron chi connectivity index (χ4n) is 10.8. The normalized spacial score (nSPS) is 36.6. The number of hydroxylamine groups is 1. The van der Waals surface area contributed by atoms with Crippen molar-refractivity contribution in [1.29, 1.82) is 0 Å². The zero-order valence-corrected chi connectivity index (χ0v) is 54.6. The Bertz CT molecular complexity index is 2700. The minimum Gasteiger partial charge on any atom is -0.492 e. The third-order valence-electron chi connectivity index (χ3n) is 15.0. The standard InChI is InChI=1S/C56H78IN3O21S4/c1-25(2)58-31-24-74-36(22-35(31)69-7)79-49-44(64)41(27(4)76-54(49)78-34-17-15-13-14-16-19-56(68)23-33(62)42(59-55(67)73-11)39(34)30(56)18-20-83-85-82-12)60-81-37-21-32(61)51(29(6)75-37)84-52(66)38-26(3)40(57)47(50(72-10)46(38)70-8)80-53-45(65)48(71-9)43(63)28(5)77-53/h13-14,18,25,27-29,31-37,41,43-45,48-49,51,53-54,58,60-65,68H,20-24H2,1-12H3,(H,59,67)/b14-13-,30-18-/t27-,28+,29-,31+,32+,33-,34+,35?,36+,37?,41-,43+,44+,45-,48-,49-,51-,53+,54+,56+/m1/s1. The summed E-state index contributed by atoms with van der Waals surface area (Å²) in [5, 5.41) is 74.8. The molecule has 0 saturated carbocycles. The lowest BCUT2D eigenvalue weighted by molar-refractivity contribution is -0.336. The van der Waals surface area contributed by atoms with E-state index in [9.17, 15) is 40.2 Å². The van der Waals surface area contributed by atoms with E-state index >= 15 is 0 Å². The van der Waals surface area contributed by atoms with Gasteiger partial charge in [0.2, 0.25) is 17.2 Å². The number of benzene rings is 1. The van der Waals surface area contributed by atoms with E-state index < -0.39 is 120 Å². The third-order valence-corrected chi connectivity index (χ3v) is 21.4. The van der Waals surface area contributed by atoms with Gasteiger partial charge in [0.15, 0.2) is 36.0 Å². The van der Waals surface area contributed by atoms with Gasteiger partial charge in [-0.3, -0.25) is 14.9 Å². The Kier molecular flexibility index (Phi) is 26.2. The summed E-state index contributed by atoms with van der Waals surface area (Å²) in [6.07, 6.45) is -12.9. The van der Waals surface area contributed by atoms with E-state index in [1.54, 1.807) is 40.9 Å². The maximum atomic E-state index is 14.5. The number of nitrogens with one attached hydrogen (secondary N) is 3. The van der Waals surface area contributed by atoms with E-state index in [1.165, 1.54) is 72.0 Å². The second-order valence-corrected chi connectivity index (χ2v) is 27.6. The summed E-state index contributed by atoms with van der Waals surface area (Å²) >= 11 is 2.83. The number of carbonyl (C=O) groups is 2. The molecule has 2 bridgehead atoms. The Morgan fingerprint density at radius 3 is 2.25 bits per heavy atom. The highest BCUT2D eigenvalue weighted by Gasteiger charge is 2.52. The molecular weight excluding hydrogens is 1310 g/mol. The molecule has 0 spiro atoms. The number of allylic oxidation sites excluding steroid dienone is 2. The Hall–Kier alpha value is -2.65. The molecule has 24 nitrogen and oxygen atoms in total. The van der Waals surface area contributed by atoms with Crippen LogP contribution in [-0.2, 0) is 47.5 Å². The van der Waals surface area contributed by atoms with Crippen LogP contribution in [0.25, 0.3) is 0 Å². The number of fused-ring (bicyclic) bond motifs is 2. The maximum absolute atomic E-state index is 14.5. The van der Waals surface area contributed by atoms with Crippen molar-refractivity contribution in [2.75, 3.05) is 54.2 Å². The lowest BCUT2D eigenvalue weighted by Gasteiger charge is -2.47. The van der Waals surface area contributed by atoms with Crippen molar-refractivity contribution in [3.8, 4) is 40.9 Å². The average Bonchev–Trinajstić information content (AvgIpc) is 1.96. The molecule has 1 aromatic carbocycles. The van der Waals surface area contributed by atoms with Gasteiger partial charge in [0.1, 0.15) is 36.6 Å². The fraction of sp³-hybridized carbons (Fsp3) is 0.679. The Labute approximate surface area is 524 Å². The Morgan fingerprint density at radius 2 is 1.59 bits per heavy atom. The number of aliphatic hydroxyl groups is 6. The van der Waals surface area contributed by atoms with Gasteiger partial charge in [-0.25, -0.2) is 4.79 Å². The number of hydrogen-bond donors (Lipinski definition) is 9. The number of alkyl carbamates (subject to hydrolysis) is 1. The first kappa shape index (κ1) is 69.8. The smallest absolute Gasteiger partial charge is 0.411 e. The highest BCUT2D eigenvalue weighted by molar-refractivity contribution is 14.1. The lowest BCUT2D eigenvalue weighted by Crippen LogP contribution is -2.65. The number of ether oxygens (including phenoxy) is 12. The molecule has 20 atom stereocenters. The van der Waals surface area contributed by atoms with Crippen molar-refractivity contribution >= 4 is 77.0 Å². The highest BCUT2D eigenvalue weighted by Crippen LogP contribution is 2.49. The monoisotopic (exact) mass is 1380 g/mol. The maximum Gasteiger partial charge on any atom is 0.411 e. The summed E-state index contributed by atoms with van der Waals surface area (Å²) in [7, 11) is 11.4. The first-order chi connectivity index (χ1) is 40.5. The molecule has 4 fully saturated rings. The van der Waals surface area contributed by atoms with E-state index in [4.69, 9.17) is 61.7 Å². The van der Waals surface area contributed by atoms with Crippen LogP contribution in [0.2, 0.25) is 0 Å². The lowest BCUT2D eigenvalue weighted by atomic mass is 9.74. The molecule has 1 amide bonds. The van der Waals surface area contributed by atoms with Crippen molar-refractivity contribution in [3.05, 3.63) is 49.8 Å². The number of thioether (sulfide) groups is 1. The van der Waals surface area contributed by atoms with Gasteiger partial charge in [0, 0.05) is 56.4 Å². The summed E-state index contributed by atoms with van der Waals surface area (Å²) in [6.45, 7) is 10.8. The molecule has 6 aliphatic rings. The molecule has 85 heavy (non-hydrogen) atoms. The molecule has 29 heteroatoms. The average molecular weight is 1380 g/mol. The number of carbonyl (C=O) groups excluding carboxylic acids is 2. The molecule has 1 aromatic rings. The summed E-state index contributed by atoms with van der Waals surface area (Å²) in [5.74, 6) is 12.2. The molecule has 0 radical (unpaired) electrons. The molecule has 0 aromatic heterocycles. The summed E-state index contributed by atoms with van der Waals surface area (Å²) in [4.78, 5) is 33.6. The Balaban J connectivity index is 1.12. The van der Waals surface area contributed by atoms with E-state index in [-0.39, 0.29) is 83.7 Å². The third kappa shape index (κ3) is 16.5. The van der Waals surface area contributed by atoms with Crippen LogP contribution in [0.3, 0.4) is 0 Å². The van der Waals surface area contributed by atoms with Gasteiger partial charge in [0.25, 0.3) is 0 Å². The zero-order chi connectivity index (χ0) is 62.0. The van der Waals surface area contributed by atoms with Crippen LogP contribution in [0.5, 0.6) is 17.2 Å². The van der Waals surface area contributed by atoms with E-state index in [0.717, 1.165) is 11.8 Å². The molecule has 9 N–H and O–H groups in total. The van der Waals surface area contributed by atoms with Crippen molar-refractivity contribution in [1.82, 2.24) is 16.1 Å². The van der Waals surface area contributed by atoms with Gasteiger partial charge in [-0.1, -0.05) is 77.0 Å². The number of rotatable bonds is 22. The summed E-state index contributed by atoms with van der Waals surface area (Å²) in [5.41, 5.74) is 1.77. The van der Waals surface area contributed by atoms with Crippen molar-refractivity contribution in [2.24, 2.45) is 0 Å². The highest BCUT2D eigenvalue weighted by atomic mass is 127. The molecule has 2 unspecified atom stereocenters. The zero-order valence-electron chi connectivity index (χ0n) is 49.1. The quantitative estimate of drug-likeness (QED) is 0.0264. The number of methoxy groups -OCH3 is 5. The van der Waals surface area contributed by atoms with Crippen LogP contribution in [0.1, 0.15) is 69.8 Å². The fourth-order valence-corrected chi connectivity index (χ4v) is 15.0. The number of amides is 1. The first-order valence-corrected chi connectivity index (χ1v) is 33.4. The van der Waals surface area contributed by atoms with Crippen LogP contribution in [0.4, 0.5) is 4.79 Å². The van der Waals surface area contributed by atoms with E-state index in [2.05, 4.69) is 39.8 Å². The van der Waals surface area contributed by atoms with Crippen molar-refractivity contribution in [2.45, 2.75) is 188 Å². The number of hydrogen-bond acceptors (Lipinski definition) is 27.